The van der Waals surface area contributed by atoms with Crippen molar-refractivity contribution in [2.75, 3.05) is 0 Å². The van der Waals surface area contributed by atoms with E-state index in [1.807, 2.05) is 0 Å². The van der Waals surface area contributed by atoms with Gasteiger partial charge in [0.2, 0.25) is 0 Å². The SMILES string of the molecule is O=C(c1ccccc1Cl)P(=O)([O-])[O-].[Na+].[Na+]. The van der Waals surface area contributed by atoms with Gasteiger partial charge in [-0.25, -0.2) is 0 Å². The van der Waals surface area contributed by atoms with Crippen molar-refractivity contribution in [1.29, 1.82) is 0 Å². The first-order valence-electron chi connectivity index (χ1n) is 3.24. The number of halogens is 1. The molecule has 0 aliphatic rings. The number of carbonyl (C=O) groups excluding carboxylic acids is 1. The second kappa shape index (κ2) is 7.62. The average Bonchev–Trinajstić information content (AvgIpc) is 2.02. The van der Waals surface area contributed by atoms with Gasteiger partial charge < -0.3 is 14.4 Å². The van der Waals surface area contributed by atoms with E-state index in [1.165, 1.54) is 24.3 Å². The van der Waals surface area contributed by atoms with Crippen molar-refractivity contribution >= 4 is 24.7 Å². The first kappa shape index (κ1) is 18.7. The van der Waals surface area contributed by atoms with Crippen LogP contribution >= 0.6 is 19.2 Å². The fourth-order valence-electron chi connectivity index (χ4n) is 0.782. The van der Waals surface area contributed by atoms with Gasteiger partial charge in [0, 0.05) is 13.2 Å². The minimum absolute atomic E-state index is 0. The minimum atomic E-state index is -5.23. The molecule has 1 aromatic rings. The molecule has 0 aliphatic heterocycles. The van der Waals surface area contributed by atoms with Crippen LogP contribution < -0.4 is 68.9 Å². The second-order valence-electron chi connectivity index (χ2n) is 2.28. The van der Waals surface area contributed by atoms with Crippen molar-refractivity contribution in [2.45, 2.75) is 0 Å². The fourth-order valence-corrected chi connectivity index (χ4v) is 1.56. The first-order valence-corrected chi connectivity index (χ1v) is 5.16. The van der Waals surface area contributed by atoms with E-state index in [0.29, 0.717) is 0 Å². The average molecular weight is 265 g/mol. The van der Waals surface area contributed by atoms with Gasteiger partial charge in [-0.2, -0.15) is 0 Å². The van der Waals surface area contributed by atoms with Crippen LogP contribution in [0.15, 0.2) is 24.3 Å². The van der Waals surface area contributed by atoms with Crippen LogP contribution in [0.5, 0.6) is 0 Å². The Bertz CT molecular complexity index is 392. The van der Waals surface area contributed by atoms with E-state index in [4.69, 9.17) is 11.6 Å². The molecule has 0 aromatic heterocycles. The van der Waals surface area contributed by atoms with Gasteiger partial charge in [0.15, 0.2) is 5.52 Å². The molecule has 1 aromatic carbocycles. The van der Waals surface area contributed by atoms with Gasteiger partial charge in [-0.15, -0.1) is 0 Å². The van der Waals surface area contributed by atoms with Gasteiger partial charge in [-0.1, -0.05) is 23.7 Å². The van der Waals surface area contributed by atoms with Crippen LogP contribution in [-0.4, -0.2) is 5.52 Å². The third kappa shape index (κ3) is 5.46. The summed E-state index contributed by atoms with van der Waals surface area (Å²) < 4.78 is 10.3. The van der Waals surface area contributed by atoms with Gasteiger partial charge in [0.25, 0.3) is 0 Å². The summed E-state index contributed by atoms with van der Waals surface area (Å²) >= 11 is 5.51. The predicted octanol–water partition coefficient (Wildman–Crippen LogP) is -5.60. The van der Waals surface area contributed by atoms with Crippen LogP contribution in [-0.2, 0) is 4.57 Å². The van der Waals surface area contributed by atoms with E-state index in [1.54, 1.807) is 0 Å². The summed E-state index contributed by atoms with van der Waals surface area (Å²) in [5.41, 5.74) is -1.75. The topological polar surface area (TPSA) is 80.3 Å². The third-order valence-electron chi connectivity index (χ3n) is 1.35. The molecule has 0 fully saturated rings. The Morgan fingerprint density at radius 3 is 2.07 bits per heavy atom. The summed E-state index contributed by atoms with van der Waals surface area (Å²) in [6, 6.07) is 5.48. The molecular weight excluding hydrogens is 260 g/mol. The summed E-state index contributed by atoms with van der Waals surface area (Å²) in [6.45, 7) is 0. The first-order chi connectivity index (χ1) is 5.93. The van der Waals surface area contributed by atoms with E-state index in [9.17, 15) is 19.1 Å². The van der Waals surface area contributed by atoms with Crippen LogP contribution in [0.3, 0.4) is 0 Å². The molecule has 0 spiro atoms. The molecule has 0 saturated heterocycles. The summed E-state index contributed by atoms with van der Waals surface area (Å²) in [5.74, 6) is 0. The molecule has 0 atom stereocenters. The minimum Gasteiger partial charge on any atom is -0.805 e. The Morgan fingerprint density at radius 2 is 1.67 bits per heavy atom. The number of benzene rings is 1. The van der Waals surface area contributed by atoms with Crippen LogP contribution in [0.1, 0.15) is 10.4 Å². The summed E-state index contributed by atoms with van der Waals surface area (Å²) in [4.78, 5) is 31.6. The van der Waals surface area contributed by atoms with Crippen LogP contribution in [0.4, 0.5) is 0 Å². The van der Waals surface area contributed by atoms with E-state index < -0.39 is 13.1 Å². The van der Waals surface area contributed by atoms with Crippen molar-refractivity contribution in [1.82, 2.24) is 0 Å². The van der Waals surface area contributed by atoms with Gasteiger partial charge in [-0.3, -0.25) is 4.79 Å². The molecule has 4 nitrogen and oxygen atoms in total. The smallest absolute Gasteiger partial charge is 0.805 e. The fraction of sp³-hybridized carbons (Fsp3) is 0. The number of hydrogen-bond acceptors (Lipinski definition) is 4. The molecule has 0 amide bonds. The van der Waals surface area contributed by atoms with Crippen LogP contribution in [0, 0.1) is 0 Å². The molecule has 0 aliphatic carbocycles. The van der Waals surface area contributed by atoms with Crippen molar-refractivity contribution in [3.63, 3.8) is 0 Å². The summed E-state index contributed by atoms with van der Waals surface area (Å²) in [6.07, 6.45) is 0. The standard InChI is InChI=1S/C7H6ClO4P.2Na/c8-6-4-2-1-3-5(6)7(9)13(10,11)12;;/h1-4H,(H2,10,11,12);;/q;2*+1/p-2. The molecule has 0 N–H and O–H groups in total. The van der Waals surface area contributed by atoms with Gasteiger partial charge in [0.05, 0.1) is 5.02 Å². The maximum atomic E-state index is 10.9. The van der Waals surface area contributed by atoms with Crippen LogP contribution in [0.25, 0.3) is 0 Å². The Hall–Kier alpha value is 1.33. The van der Waals surface area contributed by atoms with Gasteiger partial charge in [-0.05, 0) is 12.1 Å². The predicted molar refractivity (Wildman–Crippen MR) is 43.4 cm³/mol. The van der Waals surface area contributed by atoms with E-state index in [-0.39, 0.29) is 69.7 Å². The molecule has 0 unspecified atom stereocenters. The monoisotopic (exact) mass is 264 g/mol. The third-order valence-corrected chi connectivity index (χ3v) is 2.42. The molecule has 0 heterocycles. The number of hydrogen-bond donors (Lipinski definition) is 0. The van der Waals surface area contributed by atoms with E-state index in [0.717, 1.165) is 0 Å². The molecule has 8 heteroatoms. The molecular formula is C7H4ClNa2O4P. The zero-order chi connectivity index (χ0) is 10.1. The molecule has 0 bridgehead atoms. The number of rotatable bonds is 2. The Labute approximate surface area is 136 Å². The summed E-state index contributed by atoms with van der Waals surface area (Å²) in [5, 5.41) is -0.0422. The van der Waals surface area contributed by atoms with Crippen LogP contribution in [0.2, 0.25) is 5.02 Å². The van der Waals surface area contributed by atoms with Crippen molar-refractivity contribution in [3.05, 3.63) is 34.9 Å². The van der Waals surface area contributed by atoms with Crippen molar-refractivity contribution in [2.24, 2.45) is 0 Å². The normalized spacial score (nSPS) is 9.80. The van der Waals surface area contributed by atoms with Gasteiger partial charge >= 0.3 is 59.1 Å². The molecule has 70 valence electrons. The number of carbonyl (C=O) groups is 1. The zero-order valence-corrected chi connectivity index (χ0v) is 13.9. The van der Waals surface area contributed by atoms with Gasteiger partial charge in [0.1, 0.15) is 0 Å². The summed E-state index contributed by atoms with van der Waals surface area (Å²) in [7, 11) is -5.23. The van der Waals surface area contributed by atoms with E-state index in [2.05, 4.69) is 0 Å². The Balaban J connectivity index is 0. The quantitative estimate of drug-likeness (QED) is 0.394. The Morgan fingerprint density at radius 1 is 1.20 bits per heavy atom. The van der Waals surface area contributed by atoms with Crippen molar-refractivity contribution < 1.29 is 78.3 Å². The largest absolute Gasteiger partial charge is 1.00 e. The molecule has 15 heavy (non-hydrogen) atoms. The molecule has 0 radical (unpaired) electrons. The maximum absolute atomic E-state index is 10.9. The zero-order valence-electron chi connectivity index (χ0n) is 8.27. The second-order valence-corrected chi connectivity index (χ2v) is 4.09. The molecule has 0 saturated carbocycles. The van der Waals surface area contributed by atoms with E-state index >= 15 is 0 Å². The maximum Gasteiger partial charge on any atom is 1.00 e. The Kier molecular flexibility index (Phi) is 9.49. The molecule has 1 rings (SSSR count). The van der Waals surface area contributed by atoms with Crippen molar-refractivity contribution in [3.8, 4) is 0 Å².